The van der Waals surface area contributed by atoms with Crippen molar-refractivity contribution in [3.05, 3.63) is 53.3 Å². The van der Waals surface area contributed by atoms with E-state index in [9.17, 15) is 0 Å². The quantitative estimate of drug-likeness (QED) is 0.490. The van der Waals surface area contributed by atoms with Crippen LogP contribution in [0.5, 0.6) is 0 Å². The SMILES string of the molecule is CSc1nc2ccc(Cn3cnc4cc(C)c(C)cc43)cc2s1. The Hall–Kier alpha value is -1.85. The minimum atomic E-state index is 0.835. The number of fused-ring (bicyclic) bond motifs is 2. The Kier molecular flexibility index (Phi) is 3.62. The van der Waals surface area contributed by atoms with Crippen molar-refractivity contribution in [1.82, 2.24) is 14.5 Å². The first-order valence-corrected chi connectivity index (χ1v) is 9.54. The van der Waals surface area contributed by atoms with Gasteiger partial charge < -0.3 is 4.57 Å². The molecule has 0 aliphatic rings. The van der Waals surface area contributed by atoms with E-state index in [0.717, 1.165) is 21.9 Å². The summed E-state index contributed by atoms with van der Waals surface area (Å²) >= 11 is 3.46. The Morgan fingerprint density at radius 2 is 1.91 bits per heavy atom. The fourth-order valence-electron chi connectivity index (χ4n) is 2.77. The van der Waals surface area contributed by atoms with Crippen molar-refractivity contribution in [1.29, 1.82) is 0 Å². The van der Waals surface area contributed by atoms with E-state index in [1.165, 1.54) is 26.9 Å². The lowest BCUT2D eigenvalue weighted by Crippen LogP contribution is -1.98. The van der Waals surface area contributed by atoms with Crippen molar-refractivity contribution < 1.29 is 0 Å². The van der Waals surface area contributed by atoms with Crippen LogP contribution in [0.2, 0.25) is 0 Å². The molecule has 2 aromatic carbocycles. The Morgan fingerprint density at radius 3 is 2.74 bits per heavy atom. The molecule has 0 N–H and O–H groups in total. The van der Waals surface area contributed by atoms with Gasteiger partial charge in [-0.1, -0.05) is 17.8 Å². The molecule has 0 bridgehead atoms. The number of thiazole rings is 1. The van der Waals surface area contributed by atoms with Crippen molar-refractivity contribution in [3.63, 3.8) is 0 Å². The van der Waals surface area contributed by atoms with Crippen LogP contribution in [0.1, 0.15) is 16.7 Å². The molecule has 0 saturated carbocycles. The van der Waals surface area contributed by atoms with Crippen LogP contribution in [-0.2, 0) is 6.54 Å². The van der Waals surface area contributed by atoms with E-state index in [2.05, 4.69) is 65.0 Å². The lowest BCUT2D eigenvalue weighted by Gasteiger charge is -2.06. The molecule has 0 fully saturated rings. The molecule has 0 unspecified atom stereocenters. The van der Waals surface area contributed by atoms with Crippen molar-refractivity contribution in [2.24, 2.45) is 0 Å². The summed E-state index contributed by atoms with van der Waals surface area (Å²) in [5, 5.41) is 0. The Bertz CT molecular complexity index is 1010. The van der Waals surface area contributed by atoms with Gasteiger partial charge in [0.2, 0.25) is 0 Å². The average molecular weight is 339 g/mol. The number of hydrogen-bond donors (Lipinski definition) is 0. The summed E-state index contributed by atoms with van der Waals surface area (Å²) in [6, 6.07) is 10.9. The number of imidazole rings is 1. The van der Waals surface area contributed by atoms with Crippen LogP contribution in [0.25, 0.3) is 21.3 Å². The van der Waals surface area contributed by atoms with Gasteiger partial charge in [0.25, 0.3) is 0 Å². The molecule has 0 radical (unpaired) electrons. The summed E-state index contributed by atoms with van der Waals surface area (Å²) in [7, 11) is 0. The third-order valence-electron chi connectivity index (χ3n) is 4.20. The first-order valence-electron chi connectivity index (χ1n) is 7.49. The lowest BCUT2D eigenvalue weighted by atomic mass is 10.1. The monoisotopic (exact) mass is 339 g/mol. The summed E-state index contributed by atoms with van der Waals surface area (Å²) < 4.78 is 4.60. The van der Waals surface area contributed by atoms with E-state index in [1.807, 2.05) is 6.33 Å². The summed E-state index contributed by atoms with van der Waals surface area (Å²) in [6.07, 6.45) is 4.01. The number of benzene rings is 2. The Morgan fingerprint density at radius 1 is 1.09 bits per heavy atom. The molecule has 4 rings (SSSR count). The molecule has 0 amide bonds. The van der Waals surface area contributed by atoms with E-state index in [0.29, 0.717) is 0 Å². The summed E-state index contributed by atoms with van der Waals surface area (Å²) in [4.78, 5) is 9.15. The Balaban J connectivity index is 1.73. The van der Waals surface area contributed by atoms with Crippen LogP contribution in [0, 0.1) is 13.8 Å². The highest BCUT2D eigenvalue weighted by atomic mass is 32.2. The van der Waals surface area contributed by atoms with Gasteiger partial charge in [-0.15, -0.1) is 11.3 Å². The molecule has 0 spiro atoms. The second kappa shape index (κ2) is 5.65. The first-order chi connectivity index (χ1) is 11.1. The minimum absolute atomic E-state index is 0.835. The van der Waals surface area contributed by atoms with Gasteiger partial charge in [-0.05, 0) is 61.1 Å². The molecule has 0 aliphatic heterocycles. The van der Waals surface area contributed by atoms with Gasteiger partial charge in [0.15, 0.2) is 4.34 Å². The third-order valence-corrected chi connectivity index (χ3v) is 6.20. The molecule has 2 aromatic heterocycles. The standard InChI is InChI=1S/C18H17N3S2/c1-11-6-15-16(7-12(11)2)21(10-19-15)9-13-4-5-14-17(8-13)23-18(20-14)22-3/h4-8,10H,9H2,1-3H3. The summed E-state index contributed by atoms with van der Waals surface area (Å²) in [6.45, 7) is 5.12. The summed E-state index contributed by atoms with van der Waals surface area (Å²) in [5.74, 6) is 0. The predicted molar refractivity (Wildman–Crippen MR) is 99.7 cm³/mol. The zero-order valence-electron chi connectivity index (χ0n) is 13.3. The van der Waals surface area contributed by atoms with Gasteiger partial charge in [-0.3, -0.25) is 0 Å². The van der Waals surface area contributed by atoms with Gasteiger partial charge in [-0.2, -0.15) is 0 Å². The van der Waals surface area contributed by atoms with Crippen LogP contribution < -0.4 is 0 Å². The largest absolute Gasteiger partial charge is 0.326 e. The van der Waals surface area contributed by atoms with E-state index in [4.69, 9.17) is 0 Å². The molecular formula is C18H17N3S2. The second-order valence-electron chi connectivity index (χ2n) is 5.78. The van der Waals surface area contributed by atoms with Gasteiger partial charge in [0.1, 0.15) is 0 Å². The predicted octanol–water partition coefficient (Wildman–Crippen LogP) is 5.03. The number of aryl methyl sites for hydroxylation is 2. The van der Waals surface area contributed by atoms with Crippen LogP contribution in [-0.4, -0.2) is 20.8 Å². The van der Waals surface area contributed by atoms with E-state index >= 15 is 0 Å². The maximum absolute atomic E-state index is 4.60. The molecular weight excluding hydrogens is 322 g/mol. The highest BCUT2D eigenvalue weighted by Gasteiger charge is 2.08. The van der Waals surface area contributed by atoms with Crippen LogP contribution in [0.15, 0.2) is 41.0 Å². The second-order valence-corrected chi connectivity index (χ2v) is 7.87. The normalized spacial score (nSPS) is 11.6. The number of aromatic nitrogens is 3. The maximum atomic E-state index is 4.60. The summed E-state index contributed by atoms with van der Waals surface area (Å²) in [5.41, 5.74) is 7.23. The third kappa shape index (κ3) is 2.64. The van der Waals surface area contributed by atoms with E-state index in [1.54, 1.807) is 23.1 Å². The van der Waals surface area contributed by atoms with Gasteiger partial charge in [0, 0.05) is 6.54 Å². The number of thioether (sulfide) groups is 1. The van der Waals surface area contributed by atoms with Crippen molar-refractivity contribution >= 4 is 44.3 Å². The fraction of sp³-hybridized carbons (Fsp3) is 0.222. The van der Waals surface area contributed by atoms with Gasteiger partial charge in [-0.25, -0.2) is 9.97 Å². The van der Waals surface area contributed by atoms with Gasteiger partial charge in [0.05, 0.1) is 27.6 Å². The molecule has 0 aliphatic carbocycles. The molecule has 3 nitrogen and oxygen atoms in total. The van der Waals surface area contributed by atoms with Crippen LogP contribution >= 0.6 is 23.1 Å². The van der Waals surface area contributed by atoms with Crippen molar-refractivity contribution in [2.45, 2.75) is 24.7 Å². The smallest absolute Gasteiger partial charge is 0.150 e. The molecule has 5 heteroatoms. The maximum Gasteiger partial charge on any atom is 0.150 e. The number of hydrogen-bond acceptors (Lipinski definition) is 4. The lowest BCUT2D eigenvalue weighted by molar-refractivity contribution is 0.825. The van der Waals surface area contributed by atoms with Crippen molar-refractivity contribution in [2.75, 3.05) is 6.26 Å². The fourth-order valence-corrected chi connectivity index (χ4v) is 4.32. The van der Waals surface area contributed by atoms with Gasteiger partial charge >= 0.3 is 0 Å². The molecule has 116 valence electrons. The topological polar surface area (TPSA) is 30.7 Å². The van der Waals surface area contributed by atoms with Crippen LogP contribution in [0.3, 0.4) is 0 Å². The zero-order valence-corrected chi connectivity index (χ0v) is 15.0. The number of nitrogens with zero attached hydrogens (tertiary/aromatic N) is 3. The minimum Gasteiger partial charge on any atom is -0.326 e. The van der Waals surface area contributed by atoms with E-state index < -0.39 is 0 Å². The van der Waals surface area contributed by atoms with E-state index in [-0.39, 0.29) is 0 Å². The molecule has 0 atom stereocenters. The number of rotatable bonds is 3. The molecule has 2 heterocycles. The molecule has 4 aromatic rings. The van der Waals surface area contributed by atoms with Crippen molar-refractivity contribution in [3.8, 4) is 0 Å². The highest BCUT2D eigenvalue weighted by Crippen LogP contribution is 2.29. The zero-order chi connectivity index (χ0) is 16.0. The highest BCUT2D eigenvalue weighted by molar-refractivity contribution is 8.00. The molecule has 23 heavy (non-hydrogen) atoms. The molecule has 0 saturated heterocycles. The Labute approximate surface area is 143 Å². The first kappa shape index (κ1) is 14.7. The van der Waals surface area contributed by atoms with Crippen LogP contribution in [0.4, 0.5) is 0 Å². The average Bonchev–Trinajstić information content (AvgIpc) is 3.12.